The summed E-state index contributed by atoms with van der Waals surface area (Å²) >= 11 is 0. The van der Waals surface area contributed by atoms with Gasteiger partial charge in [0.25, 0.3) is 0 Å². The van der Waals surface area contributed by atoms with Crippen molar-refractivity contribution in [1.82, 2.24) is 5.32 Å². The molecule has 1 saturated carbocycles. The zero-order valence-corrected chi connectivity index (χ0v) is 15.1. The van der Waals surface area contributed by atoms with Gasteiger partial charge in [-0.25, -0.2) is 0 Å². The maximum atomic E-state index is 12.3. The summed E-state index contributed by atoms with van der Waals surface area (Å²) in [4.78, 5) is 12.3. The molecule has 2 rings (SSSR count). The molecule has 3 unspecified atom stereocenters. The smallest absolute Gasteiger partial charge is 0.223 e. The quantitative estimate of drug-likeness (QED) is 0.865. The average molecular weight is 341 g/mol. The van der Waals surface area contributed by atoms with Gasteiger partial charge in [0.2, 0.25) is 5.91 Å². The first-order chi connectivity index (χ1) is 10.5. The molecule has 3 N–H and O–H groups in total. The summed E-state index contributed by atoms with van der Waals surface area (Å²) < 4.78 is 5.90. The normalized spacial score (nSPS) is 21.9. The maximum absolute atomic E-state index is 12.3. The van der Waals surface area contributed by atoms with Gasteiger partial charge in [0.05, 0.1) is 6.04 Å². The van der Waals surface area contributed by atoms with E-state index in [0.717, 1.165) is 42.6 Å². The van der Waals surface area contributed by atoms with Gasteiger partial charge in [-0.05, 0) is 51.2 Å². The largest absolute Gasteiger partial charge is 0.491 e. The van der Waals surface area contributed by atoms with Crippen LogP contribution in [0, 0.1) is 19.8 Å². The number of nitrogens with one attached hydrogen (secondary N) is 1. The molecule has 1 aromatic carbocycles. The van der Waals surface area contributed by atoms with Crippen LogP contribution in [0.25, 0.3) is 0 Å². The molecule has 1 fully saturated rings. The summed E-state index contributed by atoms with van der Waals surface area (Å²) in [5.74, 6) is 1.10. The molecular formula is C18H29ClN2O2. The van der Waals surface area contributed by atoms with E-state index in [4.69, 9.17) is 10.5 Å². The van der Waals surface area contributed by atoms with Crippen LogP contribution in [0.4, 0.5) is 0 Å². The zero-order valence-electron chi connectivity index (χ0n) is 14.3. The predicted octanol–water partition coefficient (Wildman–Crippen LogP) is 3.13. The average Bonchev–Trinajstić information content (AvgIpc) is 2.46. The van der Waals surface area contributed by atoms with Crippen molar-refractivity contribution in [3.63, 3.8) is 0 Å². The van der Waals surface area contributed by atoms with Gasteiger partial charge >= 0.3 is 0 Å². The number of amides is 1. The number of hydrogen-bond acceptors (Lipinski definition) is 3. The first-order valence-electron chi connectivity index (χ1n) is 8.22. The second kappa shape index (κ2) is 9.14. The van der Waals surface area contributed by atoms with E-state index in [0.29, 0.717) is 6.61 Å². The molecule has 0 radical (unpaired) electrons. The predicted molar refractivity (Wildman–Crippen MR) is 96.2 cm³/mol. The lowest BCUT2D eigenvalue weighted by Crippen LogP contribution is -2.43. The maximum Gasteiger partial charge on any atom is 0.223 e. The first-order valence-corrected chi connectivity index (χ1v) is 8.22. The van der Waals surface area contributed by atoms with Crippen molar-refractivity contribution in [3.05, 3.63) is 29.3 Å². The van der Waals surface area contributed by atoms with Crippen LogP contribution in [0.5, 0.6) is 5.75 Å². The molecule has 0 bridgehead atoms. The lowest BCUT2D eigenvalue weighted by atomic mass is 9.85. The highest BCUT2D eigenvalue weighted by atomic mass is 35.5. The Hall–Kier alpha value is -1.26. The van der Waals surface area contributed by atoms with Crippen LogP contribution in [0.15, 0.2) is 18.2 Å². The Labute approximate surface area is 145 Å². The van der Waals surface area contributed by atoms with Gasteiger partial charge in [0.15, 0.2) is 0 Å². The van der Waals surface area contributed by atoms with E-state index in [9.17, 15) is 4.79 Å². The molecule has 130 valence electrons. The van der Waals surface area contributed by atoms with Crippen molar-refractivity contribution < 1.29 is 9.53 Å². The molecule has 1 aromatic rings. The summed E-state index contributed by atoms with van der Waals surface area (Å²) in [6.07, 6.45) is 3.84. The van der Waals surface area contributed by atoms with Gasteiger partial charge in [-0.15, -0.1) is 12.4 Å². The van der Waals surface area contributed by atoms with Crippen LogP contribution in [-0.4, -0.2) is 24.6 Å². The number of benzene rings is 1. The lowest BCUT2D eigenvalue weighted by molar-refractivity contribution is -0.126. The number of rotatable bonds is 5. The molecule has 1 aliphatic carbocycles. The van der Waals surface area contributed by atoms with Gasteiger partial charge in [-0.3, -0.25) is 4.79 Å². The molecule has 0 heterocycles. The minimum Gasteiger partial charge on any atom is -0.491 e. The minimum absolute atomic E-state index is 0. The highest BCUT2D eigenvalue weighted by Crippen LogP contribution is 2.24. The van der Waals surface area contributed by atoms with E-state index in [1.54, 1.807) is 0 Å². The van der Waals surface area contributed by atoms with Crippen molar-refractivity contribution in [1.29, 1.82) is 0 Å². The molecule has 0 spiro atoms. The van der Waals surface area contributed by atoms with Gasteiger partial charge in [0.1, 0.15) is 12.4 Å². The second-order valence-electron chi connectivity index (χ2n) is 6.57. The summed E-state index contributed by atoms with van der Waals surface area (Å²) in [7, 11) is 0. The van der Waals surface area contributed by atoms with Crippen LogP contribution in [0.1, 0.15) is 43.7 Å². The third-order valence-corrected chi connectivity index (χ3v) is 4.36. The van der Waals surface area contributed by atoms with Gasteiger partial charge in [-0.2, -0.15) is 0 Å². The highest BCUT2D eigenvalue weighted by molar-refractivity contribution is 5.85. The molecule has 4 nitrogen and oxygen atoms in total. The van der Waals surface area contributed by atoms with Crippen LogP contribution in [0.3, 0.4) is 0 Å². The Balaban J connectivity index is 0.00000264. The fraction of sp³-hybridized carbons (Fsp3) is 0.611. The molecular weight excluding hydrogens is 312 g/mol. The lowest BCUT2D eigenvalue weighted by Gasteiger charge is -2.27. The number of carbonyl (C=O) groups excluding carboxylic acids is 1. The van der Waals surface area contributed by atoms with Crippen molar-refractivity contribution in [2.75, 3.05) is 6.61 Å². The summed E-state index contributed by atoms with van der Waals surface area (Å²) in [5, 5.41) is 3.06. The molecule has 23 heavy (non-hydrogen) atoms. The van der Waals surface area contributed by atoms with E-state index < -0.39 is 0 Å². The second-order valence-corrected chi connectivity index (χ2v) is 6.57. The van der Waals surface area contributed by atoms with Crippen LogP contribution < -0.4 is 15.8 Å². The van der Waals surface area contributed by atoms with E-state index >= 15 is 0 Å². The zero-order chi connectivity index (χ0) is 16.1. The fourth-order valence-corrected chi connectivity index (χ4v) is 3.10. The topological polar surface area (TPSA) is 64.3 Å². The number of para-hydroxylation sites is 1. The standard InChI is InChI=1S/C18H28N2O2.ClH/c1-12-6-4-7-13(2)17(12)22-11-14(3)20-18(21)15-8-5-9-16(19)10-15;/h4,6-7,14-16H,5,8-11,19H2,1-3H3,(H,20,21);1H. The van der Waals surface area contributed by atoms with Crippen molar-refractivity contribution in [3.8, 4) is 5.75 Å². The number of halogens is 1. The SMILES string of the molecule is Cc1cccc(C)c1OCC(C)NC(=O)C1CCCC(N)C1.Cl. The first kappa shape index (κ1) is 19.8. The third kappa shape index (κ3) is 5.70. The van der Waals surface area contributed by atoms with E-state index in [2.05, 4.69) is 5.32 Å². The van der Waals surface area contributed by atoms with Crippen molar-refractivity contribution in [2.24, 2.45) is 11.7 Å². The Morgan fingerprint density at radius 1 is 1.35 bits per heavy atom. The molecule has 3 atom stereocenters. The number of nitrogens with two attached hydrogens (primary N) is 1. The molecule has 1 amide bonds. The molecule has 0 aromatic heterocycles. The monoisotopic (exact) mass is 340 g/mol. The Kier molecular flexibility index (Phi) is 7.86. The molecule has 0 aliphatic heterocycles. The van der Waals surface area contributed by atoms with Crippen LogP contribution >= 0.6 is 12.4 Å². The van der Waals surface area contributed by atoms with E-state index in [1.165, 1.54) is 0 Å². The molecule has 0 saturated heterocycles. The number of aryl methyl sites for hydroxylation is 2. The minimum atomic E-state index is -0.00958. The number of ether oxygens (including phenoxy) is 1. The highest BCUT2D eigenvalue weighted by Gasteiger charge is 2.26. The Morgan fingerprint density at radius 3 is 2.61 bits per heavy atom. The van der Waals surface area contributed by atoms with Gasteiger partial charge in [-0.1, -0.05) is 24.6 Å². The Bertz CT molecular complexity index is 501. The van der Waals surface area contributed by atoms with Gasteiger partial charge < -0.3 is 15.8 Å². The third-order valence-electron chi connectivity index (χ3n) is 4.36. The molecule has 1 aliphatic rings. The van der Waals surface area contributed by atoms with E-state index in [1.807, 2.05) is 39.0 Å². The van der Waals surface area contributed by atoms with Gasteiger partial charge in [0, 0.05) is 12.0 Å². The van der Waals surface area contributed by atoms with Crippen molar-refractivity contribution in [2.45, 2.75) is 58.5 Å². The summed E-state index contributed by atoms with van der Waals surface area (Å²) in [6, 6.07) is 6.26. The van der Waals surface area contributed by atoms with Crippen molar-refractivity contribution >= 4 is 18.3 Å². The summed E-state index contributed by atoms with van der Waals surface area (Å²) in [5.41, 5.74) is 8.20. The fourth-order valence-electron chi connectivity index (χ4n) is 3.10. The Morgan fingerprint density at radius 2 is 2.00 bits per heavy atom. The van der Waals surface area contributed by atoms with Crippen LogP contribution in [-0.2, 0) is 4.79 Å². The number of hydrogen-bond donors (Lipinski definition) is 2. The number of carbonyl (C=O) groups is 1. The van der Waals surface area contributed by atoms with E-state index in [-0.39, 0.29) is 36.3 Å². The van der Waals surface area contributed by atoms with Crippen LogP contribution in [0.2, 0.25) is 0 Å². The molecule has 5 heteroatoms. The summed E-state index contributed by atoms with van der Waals surface area (Å²) in [6.45, 7) is 6.54.